The number of thioether (sulfide) groups is 1. The second-order valence-electron chi connectivity index (χ2n) is 6.10. The minimum Gasteiger partial charge on any atom is -0.321 e. The number of para-hydroxylation sites is 1. The molecule has 0 aliphatic rings. The summed E-state index contributed by atoms with van der Waals surface area (Å²) in [6.07, 6.45) is 1.60. The highest BCUT2D eigenvalue weighted by Crippen LogP contribution is 2.22. The second-order valence-corrected chi connectivity index (χ2v) is 9.36. The van der Waals surface area contributed by atoms with Gasteiger partial charge in [0.1, 0.15) is 0 Å². The summed E-state index contributed by atoms with van der Waals surface area (Å²) < 4.78 is 26.8. The molecule has 2 aromatic carbocycles. The molecule has 3 aromatic rings. The van der Waals surface area contributed by atoms with Gasteiger partial charge < -0.3 is 5.32 Å². The van der Waals surface area contributed by atoms with Crippen molar-refractivity contribution in [1.29, 1.82) is 0 Å². The third kappa shape index (κ3) is 4.96. The quantitative estimate of drug-likeness (QED) is 0.570. The summed E-state index contributed by atoms with van der Waals surface area (Å²) in [6.45, 7) is 2.05. The van der Waals surface area contributed by atoms with Gasteiger partial charge in [-0.25, -0.2) is 13.4 Å². The van der Waals surface area contributed by atoms with Gasteiger partial charge in [0.2, 0.25) is 0 Å². The number of nitrogens with zero attached hydrogens (tertiary/aromatic N) is 2. The molecule has 1 N–H and O–H groups in total. The third-order valence-electron chi connectivity index (χ3n) is 4.18. The molecule has 0 aliphatic carbocycles. The molecule has 0 bridgehead atoms. The molecule has 0 saturated carbocycles. The lowest BCUT2D eigenvalue weighted by atomic mass is 10.2. The lowest BCUT2D eigenvalue weighted by Crippen LogP contribution is -2.26. The summed E-state index contributed by atoms with van der Waals surface area (Å²) in [5.41, 5.74) is 1.50. The van der Waals surface area contributed by atoms with Crippen LogP contribution in [-0.2, 0) is 10.0 Å². The van der Waals surface area contributed by atoms with Crippen molar-refractivity contribution in [2.24, 2.45) is 0 Å². The fraction of sp³-hybridized carbons (Fsp3) is 0.143. The normalized spacial score (nSPS) is 11.1. The number of sulfonamides is 1. The number of amides is 1. The average molecular weight is 428 g/mol. The Morgan fingerprint density at radius 3 is 2.31 bits per heavy atom. The van der Waals surface area contributed by atoms with Gasteiger partial charge in [-0.2, -0.15) is 0 Å². The molecule has 150 valence electrons. The van der Waals surface area contributed by atoms with Crippen LogP contribution in [0.3, 0.4) is 0 Å². The largest absolute Gasteiger partial charge is 0.321 e. The van der Waals surface area contributed by atoms with Crippen LogP contribution in [0.2, 0.25) is 0 Å². The van der Waals surface area contributed by atoms with Crippen LogP contribution in [0.25, 0.3) is 0 Å². The Balaban J connectivity index is 1.73. The Morgan fingerprint density at radius 2 is 1.72 bits per heavy atom. The average Bonchev–Trinajstić information content (AvgIpc) is 2.75. The topological polar surface area (TPSA) is 79.4 Å². The first-order valence-electron chi connectivity index (χ1n) is 8.96. The number of carbonyl (C=O) groups excluding carboxylic acids is 1. The zero-order chi connectivity index (χ0) is 20.9. The minimum atomic E-state index is -3.71. The van der Waals surface area contributed by atoms with E-state index < -0.39 is 10.0 Å². The molecule has 29 heavy (non-hydrogen) atoms. The molecular formula is C21H21N3O3S2. The zero-order valence-corrected chi connectivity index (χ0v) is 17.7. The summed E-state index contributed by atoms with van der Waals surface area (Å²) in [5, 5.41) is 3.66. The number of nitrogens with one attached hydrogen (secondary N) is 1. The van der Waals surface area contributed by atoms with Gasteiger partial charge in [0.15, 0.2) is 0 Å². The molecule has 0 fully saturated rings. The monoisotopic (exact) mass is 427 g/mol. The highest BCUT2D eigenvalue weighted by molar-refractivity contribution is 7.99. The summed E-state index contributed by atoms with van der Waals surface area (Å²) in [7, 11) is -2.22. The summed E-state index contributed by atoms with van der Waals surface area (Å²) >= 11 is 1.62. The van der Waals surface area contributed by atoms with Crippen LogP contribution >= 0.6 is 11.8 Å². The van der Waals surface area contributed by atoms with Gasteiger partial charge in [0.25, 0.3) is 15.9 Å². The van der Waals surface area contributed by atoms with Gasteiger partial charge >= 0.3 is 0 Å². The van der Waals surface area contributed by atoms with Crippen LogP contribution in [0, 0.1) is 0 Å². The Hall–Kier alpha value is -2.84. The molecule has 1 heterocycles. The third-order valence-corrected chi connectivity index (χ3v) is 6.81. The van der Waals surface area contributed by atoms with E-state index in [2.05, 4.69) is 10.3 Å². The number of anilines is 2. The van der Waals surface area contributed by atoms with Gasteiger partial charge in [-0.3, -0.25) is 9.10 Å². The van der Waals surface area contributed by atoms with E-state index in [0.717, 1.165) is 10.8 Å². The lowest BCUT2D eigenvalue weighted by molar-refractivity contribution is 0.102. The molecule has 1 aromatic heterocycles. The maximum atomic E-state index is 12.8. The Bertz CT molecular complexity index is 1070. The smallest absolute Gasteiger partial charge is 0.264 e. The summed E-state index contributed by atoms with van der Waals surface area (Å²) in [5.74, 6) is 0.594. The van der Waals surface area contributed by atoms with Crippen LogP contribution in [0.5, 0.6) is 0 Å². The van der Waals surface area contributed by atoms with Crippen molar-refractivity contribution in [3.05, 3.63) is 78.5 Å². The van der Waals surface area contributed by atoms with Crippen LogP contribution in [-0.4, -0.2) is 32.1 Å². The molecule has 6 nitrogen and oxygen atoms in total. The summed E-state index contributed by atoms with van der Waals surface area (Å²) in [4.78, 5) is 16.8. The summed E-state index contributed by atoms with van der Waals surface area (Å²) in [6, 6.07) is 18.3. The van der Waals surface area contributed by atoms with Gasteiger partial charge in [-0.05, 0) is 54.3 Å². The molecule has 0 radical (unpaired) electrons. The van der Waals surface area contributed by atoms with Crippen molar-refractivity contribution in [2.75, 3.05) is 22.4 Å². The van der Waals surface area contributed by atoms with E-state index in [1.54, 1.807) is 48.3 Å². The maximum absolute atomic E-state index is 12.8. The lowest BCUT2D eigenvalue weighted by Gasteiger charge is -2.19. The molecule has 8 heteroatoms. The van der Waals surface area contributed by atoms with Gasteiger partial charge in [0.05, 0.1) is 27.5 Å². The second kappa shape index (κ2) is 9.11. The standard InChI is InChI=1S/C21H21N3O3S2/c1-3-28-20-14-11-17(15-22-20)23-21(25)16-9-12-19(13-10-16)29(26,27)24(2)18-7-5-4-6-8-18/h4-15H,3H2,1-2H3,(H,23,25). The SMILES string of the molecule is CCSc1ccc(NC(=O)c2ccc(S(=O)(=O)N(C)c3ccccc3)cc2)cn1. The molecule has 0 saturated heterocycles. The molecule has 0 aliphatic heterocycles. The molecule has 0 atom stereocenters. The Kier molecular flexibility index (Phi) is 6.56. The van der Waals surface area contributed by atoms with Crippen molar-refractivity contribution < 1.29 is 13.2 Å². The Morgan fingerprint density at radius 1 is 1.03 bits per heavy atom. The fourth-order valence-electron chi connectivity index (χ4n) is 2.60. The first-order valence-corrected chi connectivity index (χ1v) is 11.4. The van der Waals surface area contributed by atoms with E-state index in [0.29, 0.717) is 16.9 Å². The highest BCUT2D eigenvalue weighted by Gasteiger charge is 2.21. The number of pyridine rings is 1. The van der Waals surface area contributed by atoms with E-state index >= 15 is 0 Å². The first-order chi connectivity index (χ1) is 13.9. The van der Waals surface area contributed by atoms with Crippen molar-refractivity contribution in [3.63, 3.8) is 0 Å². The fourth-order valence-corrected chi connectivity index (χ4v) is 4.39. The highest BCUT2D eigenvalue weighted by atomic mass is 32.2. The van der Waals surface area contributed by atoms with Crippen molar-refractivity contribution >= 4 is 39.1 Å². The van der Waals surface area contributed by atoms with E-state index in [-0.39, 0.29) is 10.8 Å². The maximum Gasteiger partial charge on any atom is 0.264 e. The van der Waals surface area contributed by atoms with Gasteiger partial charge in [-0.15, -0.1) is 11.8 Å². The minimum absolute atomic E-state index is 0.114. The Labute approximate surface area is 175 Å². The number of carbonyl (C=O) groups is 1. The predicted molar refractivity (Wildman–Crippen MR) is 117 cm³/mol. The van der Waals surface area contributed by atoms with E-state index in [1.165, 1.54) is 35.6 Å². The van der Waals surface area contributed by atoms with Gasteiger partial charge in [0, 0.05) is 12.6 Å². The van der Waals surface area contributed by atoms with Crippen LogP contribution in [0.1, 0.15) is 17.3 Å². The first kappa shape index (κ1) is 20.9. The number of rotatable bonds is 7. The van der Waals surface area contributed by atoms with E-state index in [9.17, 15) is 13.2 Å². The number of hydrogen-bond donors (Lipinski definition) is 1. The van der Waals surface area contributed by atoms with Crippen molar-refractivity contribution in [2.45, 2.75) is 16.8 Å². The molecule has 0 spiro atoms. The van der Waals surface area contributed by atoms with Crippen LogP contribution < -0.4 is 9.62 Å². The number of benzene rings is 2. The van der Waals surface area contributed by atoms with Crippen molar-refractivity contribution in [3.8, 4) is 0 Å². The van der Waals surface area contributed by atoms with Crippen molar-refractivity contribution in [1.82, 2.24) is 4.98 Å². The zero-order valence-electron chi connectivity index (χ0n) is 16.1. The van der Waals surface area contributed by atoms with Gasteiger partial charge in [-0.1, -0.05) is 25.1 Å². The number of aromatic nitrogens is 1. The molecular weight excluding hydrogens is 406 g/mol. The van der Waals surface area contributed by atoms with E-state index in [1.807, 2.05) is 19.1 Å². The molecule has 3 rings (SSSR count). The number of hydrogen-bond acceptors (Lipinski definition) is 5. The molecule has 1 amide bonds. The molecule has 0 unspecified atom stereocenters. The van der Waals surface area contributed by atoms with Crippen LogP contribution in [0.15, 0.2) is 82.8 Å². The van der Waals surface area contributed by atoms with E-state index in [4.69, 9.17) is 0 Å². The predicted octanol–water partition coefficient (Wildman–Crippen LogP) is 4.27. The van der Waals surface area contributed by atoms with Crippen LogP contribution in [0.4, 0.5) is 11.4 Å².